The average Bonchev–Trinajstić information content (AvgIpc) is 2.77. The van der Waals surface area contributed by atoms with Gasteiger partial charge >= 0.3 is 5.51 Å². The Kier molecular flexibility index (Phi) is 4.88. The van der Waals surface area contributed by atoms with Gasteiger partial charge in [-0.1, -0.05) is 23.7 Å². The first kappa shape index (κ1) is 15.5. The Morgan fingerprint density at radius 3 is 2.50 bits per heavy atom. The molecule has 108 valence electrons. The molecule has 0 aliphatic rings. The number of rotatable bonds is 4. The van der Waals surface area contributed by atoms with Crippen LogP contribution in [0.1, 0.15) is 17.8 Å². The van der Waals surface area contributed by atoms with Crippen LogP contribution in [0, 0.1) is 0 Å². The highest BCUT2D eigenvalue weighted by Gasteiger charge is 2.30. The highest BCUT2D eigenvalue weighted by atomic mass is 35.5. The predicted molar refractivity (Wildman–Crippen MR) is 79.7 cm³/mol. The number of thiophene rings is 1. The summed E-state index contributed by atoms with van der Waals surface area (Å²) in [5.74, 6) is 0. The highest BCUT2D eigenvalue weighted by Crippen LogP contribution is 2.41. The summed E-state index contributed by atoms with van der Waals surface area (Å²) in [5, 5.41) is 3.09. The van der Waals surface area contributed by atoms with Crippen LogP contribution >= 0.6 is 34.7 Å². The minimum atomic E-state index is -4.30. The molecule has 0 aliphatic heterocycles. The lowest BCUT2D eigenvalue weighted by molar-refractivity contribution is -0.0327. The number of benzene rings is 1. The van der Waals surface area contributed by atoms with Gasteiger partial charge in [-0.15, -0.1) is 11.3 Å². The maximum absolute atomic E-state index is 12.5. The SMILES string of the molecule is CC(Nc1ccccc1SC(F)(F)F)c1ccc(Cl)s1. The zero-order valence-corrected chi connectivity index (χ0v) is 12.8. The number of para-hydroxylation sites is 1. The molecule has 0 fully saturated rings. The van der Waals surface area contributed by atoms with Crippen LogP contribution in [0.25, 0.3) is 0 Å². The van der Waals surface area contributed by atoms with E-state index in [4.69, 9.17) is 11.6 Å². The summed E-state index contributed by atoms with van der Waals surface area (Å²) in [6.07, 6.45) is 0. The summed E-state index contributed by atoms with van der Waals surface area (Å²) in [5.41, 5.74) is -3.83. The van der Waals surface area contributed by atoms with Gasteiger partial charge in [0.05, 0.1) is 10.4 Å². The number of anilines is 1. The minimum Gasteiger partial charge on any atom is -0.377 e. The summed E-state index contributed by atoms with van der Waals surface area (Å²) >= 11 is 7.16. The molecule has 0 saturated carbocycles. The van der Waals surface area contributed by atoms with Crippen LogP contribution in [0.15, 0.2) is 41.3 Å². The molecule has 1 aromatic heterocycles. The lowest BCUT2D eigenvalue weighted by atomic mass is 10.2. The Bertz CT molecular complexity index is 583. The molecule has 20 heavy (non-hydrogen) atoms. The highest BCUT2D eigenvalue weighted by molar-refractivity contribution is 8.00. The van der Waals surface area contributed by atoms with Gasteiger partial charge in [0.2, 0.25) is 0 Å². The number of hydrogen-bond donors (Lipinski definition) is 1. The third kappa shape index (κ3) is 4.33. The summed E-state index contributed by atoms with van der Waals surface area (Å²) < 4.78 is 38.2. The largest absolute Gasteiger partial charge is 0.446 e. The Morgan fingerprint density at radius 2 is 1.90 bits per heavy atom. The van der Waals surface area contributed by atoms with E-state index < -0.39 is 5.51 Å². The lowest BCUT2D eigenvalue weighted by Crippen LogP contribution is -2.07. The van der Waals surface area contributed by atoms with Gasteiger partial charge < -0.3 is 5.32 Å². The van der Waals surface area contributed by atoms with Crippen LogP contribution in [-0.4, -0.2) is 5.51 Å². The molecule has 7 heteroatoms. The normalized spacial score (nSPS) is 13.2. The van der Waals surface area contributed by atoms with Gasteiger partial charge in [-0.05, 0) is 43.0 Å². The zero-order valence-electron chi connectivity index (χ0n) is 10.4. The summed E-state index contributed by atoms with van der Waals surface area (Å²) in [7, 11) is 0. The third-order valence-corrected chi connectivity index (χ3v) is 4.73. The quantitative estimate of drug-likeness (QED) is 0.668. The van der Waals surface area contributed by atoms with Crippen molar-refractivity contribution in [2.24, 2.45) is 0 Å². The van der Waals surface area contributed by atoms with Gasteiger partial charge in [-0.2, -0.15) is 13.2 Å². The molecule has 1 heterocycles. The summed E-state index contributed by atoms with van der Waals surface area (Å²) in [6, 6.07) is 9.92. The summed E-state index contributed by atoms with van der Waals surface area (Å²) in [6.45, 7) is 1.89. The Labute approximate surface area is 128 Å². The number of hydrogen-bond acceptors (Lipinski definition) is 3. The molecule has 1 N–H and O–H groups in total. The van der Waals surface area contributed by atoms with E-state index in [0.717, 1.165) is 4.88 Å². The first-order valence-corrected chi connectivity index (χ1v) is 7.73. The number of thioether (sulfide) groups is 1. The molecular formula is C13H11ClF3NS2. The van der Waals surface area contributed by atoms with E-state index >= 15 is 0 Å². The molecule has 0 aliphatic carbocycles. The standard InChI is InChI=1S/C13H11ClF3NS2/c1-8(10-6-7-12(14)19-10)18-9-4-2-3-5-11(9)20-13(15,16)17/h2-8,18H,1H3. The number of nitrogens with one attached hydrogen (secondary N) is 1. The van der Waals surface area contributed by atoms with E-state index in [2.05, 4.69) is 5.32 Å². The fraction of sp³-hybridized carbons (Fsp3) is 0.231. The molecule has 1 aromatic carbocycles. The van der Waals surface area contributed by atoms with Crippen LogP contribution < -0.4 is 5.32 Å². The van der Waals surface area contributed by atoms with Crippen LogP contribution in [-0.2, 0) is 0 Å². The van der Waals surface area contributed by atoms with Crippen molar-refractivity contribution in [3.8, 4) is 0 Å². The average molecular weight is 338 g/mol. The molecule has 0 saturated heterocycles. The Balaban J connectivity index is 2.17. The monoisotopic (exact) mass is 337 g/mol. The van der Waals surface area contributed by atoms with Gasteiger partial charge in [0.15, 0.2) is 0 Å². The van der Waals surface area contributed by atoms with E-state index in [1.165, 1.54) is 17.4 Å². The first-order chi connectivity index (χ1) is 9.35. The van der Waals surface area contributed by atoms with Gasteiger partial charge in [-0.3, -0.25) is 0 Å². The van der Waals surface area contributed by atoms with Gasteiger partial charge in [0.25, 0.3) is 0 Å². The van der Waals surface area contributed by atoms with Crippen molar-refractivity contribution in [2.45, 2.75) is 23.4 Å². The second-order valence-electron chi connectivity index (χ2n) is 4.05. The smallest absolute Gasteiger partial charge is 0.377 e. The summed E-state index contributed by atoms with van der Waals surface area (Å²) in [4.78, 5) is 1.14. The van der Waals surface area contributed by atoms with E-state index in [9.17, 15) is 13.2 Å². The molecular weight excluding hydrogens is 327 g/mol. The van der Waals surface area contributed by atoms with E-state index in [-0.39, 0.29) is 22.7 Å². The second-order valence-corrected chi connectivity index (χ2v) is 6.91. The van der Waals surface area contributed by atoms with Crippen LogP contribution in [0.5, 0.6) is 0 Å². The second kappa shape index (κ2) is 6.28. The van der Waals surface area contributed by atoms with Gasteiger partial charge in [0, 0.05) is 15.5 Å². The van der Waals surface area contributed by atoms with Crippen molar-refractivity contribution >= 4 is 40.4 Å². The fourth-order valence-electron chi connectivity index (χ4n) is 1.66. The third-order valence-electron chi connectivity index (χ3n) is 2.51. The molecule has 2 rings (SSSR count). The van der Waals surface area contributed by atoms with Crippen molar-refractivity contribution in [3.63, 3.8) is 0 Å². The Morgan fingerprint density at radius 1 is 1.20 bits per heavy atom. The maximum Gasteiger partial charge on any atom is 0.446 e. The van der Waals surface area contributed by atoms with E-state index in [1.54, 1.807) is 24.3 Å². The lowest BCUT2D eigenvalue weighted by Gasteiger charge is -2.17. The van der Waals surface area contributed by atoms with Crippen molar-refractivity contribution in [3.05, 3.63) is 45.6 Å². The maximum atomic E-state index is 12.5. The topological polar surface area (TPSA) is 12.0 Å². The predicted octanol–water partition coefficient (Wildman–Crippen LogP) is 6.19. The van der Waals surface area contributed by atoms with Crippen LogP contribution in [0.4, 0.5) is 18.9 Å². The molecule has 1 nitrogen and oxygen atoms in total. The first-order valence-electron chi connectivity index (χ1n) is 5.72. The molecule has 2 aromatic rings. The Hall–Kier alpha value is -0.850. The van der Waals surface area contributed by atoms with Gasteiger partial charge in [0.1, 0.15) is 0 Å². The molecule has 0 radical (unpaired) electrons. The zero-order chi connectivity index (χ0) is 14.8. The van der Waals surface area contributed by atoms with Crippen molar-refractivity contribution in [1.29, 1.82) is 0 Å². The molecule has 0 amide bonds. The molecule has 0 bridgehead atoms. The van der Waals surface area contributed by atoms with Gasteiger partial charge in [-0.25, -0.2) is 0 Å². The fourth-order valence-corrected chi connectivity index (χ4v) is 3.36. The molecule has 0 spiro atoms. The number of alkyl halides is 3. The van der Waals surface area contributed by atoms with Crippen molar-refractivity contribution < 1.29 is 13.2 Å². The van der Waals surface area contributed by atoms with E-state index in [1.807, 2.05) is 13.0 Å². The van der Waals surface area contributed by atoms with Crippen molar-refractivity contribution in [2.75, 3.05) is 5.32 Å². The minimum absolute atomic E-state index is 0.109. The number of halogens is 4. The van der Waals surface area contributed by atoms with E-state index in [0.29, 0.717) is 10.0 Å². The molecule has 1 atom stereocenters. The molecule has 1 unspecified atom stereocenters. The van der Waals surface area contributed by atoms with Crippen molar-refractivity contribution in [1.82, 2.24) is 0 Å². The van der Waals surface area contributed by atoms with Crippen LogP contribution in [0.3, 0.4) is 0 Å². The van der Waals surface area contributed by atoms with Crippen LogP contribution in [0.2, 0.25) is 4.34 Å².